The molecule has 0 aliphatic heterocycles. The Morgan fingerprint density at radius 2 is 1.75 bits per heavy atom. The summed E-state index contributed by atoms with van der Waals surface area (Å²) in [4.78, 5) is 4.27. The molecular formula is C16H13F3N. The van der Waals surface area contributed by atoms with Crippen molar-refractivity contribution in [1.29, 1.82) is 0 Å². The van der Waals surface area contributed by atoms with Gasteiger partial charge in [-0.3, -0.25) is 4.98 Å². The van der Waals surface area contributed by atoms with Gasteiger partial charge in [0, 0.05) is 23.7 Å². The standard InChI is InChI=1S/C16H13F3N/c17-16(18,19)14-6-2-1-5-12(14)11-8-9-13(11)15-7-3-4-10-20-15/h1-7,10,13H,8-9H2. The molecule has 103 valence electrons. The molecule has 1 saturated carbocycles. The molecule has 0 spiro atoms. The highest BCUT2D eigenvalue weighted by Gasteiger charge is 2.41. The van der Waals surface area contributed by atoms with Gasteiger partial charge in [-0.1, -0.05) is 24.3 Å². The molecule has 1 aliphatic rings. The molecule has 1 atom stereocenters. The Balaban J connectivity index is 1.95. The van der Waals surface area contributed by atoms with E-state index < -0.39 is 11.7 Å². The summed E-state index contributed by atoms with van der Waals surface area (Å²) in [5.74, 6) is 0.858. The van der Waals surface area contributed by atoms with E-state index in [1.807, 2.05) is 18.2 Å². The second-order valence-electron chi connectivity index (χ2n) is 4.91. The fourth-order valence-electron chi connectivity index (χ4n) is 2.67. The summed E-state index contributed by atoms with van der Waals surface area (Å²) in [6.45, 7) is 0. The van der Waals surface area contributed by atoms with E-state index in [9.17, 15) is 13.2 Å². The molecule has 1 aromatic heterocycles. The van der Waals surface area contributed by atoms with Crippen LogP contribution in [-0.2, 0) is 6.18 Å². The fraction of sp³-hybridized carbons (Fsp3) is 0.250. The van der Waals surface area contributed by atoms with Crippen LogP contribution >= 0.6 is 0 Å². The second kappa shape index (κ2) is 4.93. The molecule has 1 radical (unpaired) electrons. The molecule has 1 heterocycles. The Morgan fingerprint density at radius 3 is 2.35 bits per heavy atom. The van der Waals surface area contributed by atoms with Gasteiger partial charge in [0.15, 0.2) is 0 Å². The van der Waals surface area contributed by atoms with Crippen molar-refractivity contribution in [3.8, 4) is 0 Å². The zero-order chi connectivity index (χ0) is 14.2. The molecule has 1 unspecified atom stereocenters. The minimum absolute atomic E-state index is 0.0136. The Labute approximate surface area is 115 Å². The van der Waals surface area contributed by atoms with E-state index in [-0.39, 0.29) is 5.92 Å². The molecule has 1 nitrogen and oxygen atoms in total. The van der Waals surface area contributed by atoms with E-state index in [1.54, 1.807) is 18.3 Å². The molecular weight excluding hydrogens is 263 g/mol. The zero-order valence-electron chi connectivity index (χ0n) is 10.7. The van der Waals surface area contributed by atoms with Crippen LogP contribution < -0.4 is 0 Å². The van der Waals surface area contributed by atoms with Crippen LogP contribution in [0.2, 0.25) is 0 Å². The Kier molecular flexibility index (Phi) is 3.24. The van der Waals surface area contributed by atoms with Crippen LogP contribution in [0.15, 0.2) is 48.7 Å². The molecule has 1 aromatic carbocycles. The van der Waals surface area contributed by atoms with Gasteiger partial charge in [0.1, 0.15) is 0 Å². The summed E-state index contributed by atoms with van der Waals surface area (Å²) in [5.41, 5.74) is 0.628. The van der Waals surface area contributed by atoms with Gasteiger partial charge in [0.25, 0.3) is 0 Å². The van der Waals surface area contributed by atoms with Gasteiger partial charge in [-0.15, -0.1) is 0 Å². The average molecular weight is 276 g/mol. The number of pyridine rings is 1. The number of rotatable bonds is 2. The van der Waals surface area contributed by atoms with Crippen molar-refractivity contribution in [2.45, 2.75) is 24.9 Å². The van der Waals surface area contributed by atoms with Crippen molar-refractivity contribution in [3.63, 3.8) is 0 Å². The average Bonchev–Trinajstić information content (AvgIpc) is 2.38. The molecule has 20 heavy (non-hydrogen) atoms. The highest BCUT2D eigenvalue weighted by atomic mass is 19.4. The van der Waals surface area contributed by atoms with Crippen molar-refractivity contribution in [1.82, 2.24) is 4.98 Å². The van der Waals surface area contributed by atoms with Crippen molar-refractivity contribution >= 4 is 0 Å². The lowest BCUT2D eigenvalue weighted by molar-refractivity contribution is -0.138. The maximum absolute atomic E-state index is 13.1. The zero-order valence-corrected chi connectivity index (χ0v) is 10.7. The Hall–Kier alpha value is -1.84. The van der Waals surface area contributed by atoms with Crippen LogP contribution in [0.25, 0.3) is 0 Å². The smallest absolute Gasteiger partial charge is 0.261 e. The summed E-state index contributed by atoms with van der Waals surface area (Å²) in [7, 11) is 0. The predicted octanol–water partition coefficient (Wildman–Crippen LogP) is 4.60. The lowest BCUT2D eigenvalue weighted by Crippen LogP contribution is -2.26. The third kappa shape index (κ3) is 2.30. The van der Waals surface area contributed by atoms with Crippen LogP contribution in [0, 0.1) is 5.92 Å². The Morgan fingerprint density at radius 1 is 1.00 bits per heavy atom. The lowest BCUT2D eigenvalue weighted by atomic mass is 9.67. The first-order valence-electron chi connectivity index (χ1n) is 6.50. The molecule has 0 amide bonds. The van der Waals surface area contributed by atoms with Crippen molar-refractivity contribution in [3.05, 3.63) is 71.4 Å². The van der Waals surface area contributed by atoms with E-state index in [2.05, 4.69) is 4.98 Å². The lowest BCUT2D eigenvalue weighted by Gasteiger charge is -2.37. The third-order valence-corrected chi connectivity index (χ3v) is 3.75. The molecule has 1 aliphatic carbocycles. The summed E-state index contributed by atoms with van der Waals surface area (Å²) >= 11 is 0. The van der Waals surface area contributed by atoms with Gasteiger partial charge < -0.3 is 0 Å². The van der Waals surface area contributed by atoms with Gasteiger partial charge in [-0.05, 0) is 36.6 Å². The van der Waals surface area contributed by atoms with Crippen LogP contribution in [0.3, 0.4) is 0 Å². The number of benzene rings is 1. The summed E-state index contributed by atoms with van der Waals surface area (Å²) in [5, 5.41) is 0. The van der Waals surface area contributed by atoms with E-state index in [0.717, 1.165) is 24.1 Å². The first-order chi connectivity index (χ1) is 9.57. The van der Waals surface area contributed by atoms with Crippen molar-refractivity contribution < 1.29 is 13.2 Å². The molecule has 1 fully saturated rings. The molecule has 3 rings (SSSR count). The van der Waals surface area contributed by atoms with E-state index >= 15 is 0 Å². The highest BCUT2D eigenvalue weighted by Crippen LogP contribution is 2.50. The number of alkyl halides is 3. The topological polar surface area (TPSA) is 12.9 Å². The fourth-order valence-corrected chi connectivity index (χ4v) is 2.67. The summed E-state index contributed by atoms with van der Waals surface area (Å²) < 4.78 is 39.2. The van der Waals surface area contributed by atoms with E-state index in [1.165, 1.54) is 6.07 Å². The van der Waals surface area contributed by atoms with Crippen molar-refractivity contribution in [2.24, 2.45) is 0 Å². The number of hydrogen-bond acceptors (Lipinski definition) is 1. The third-order valence-electron chi connectivity index (χ3n) is 3.75. The van der Waals surface area contributed by atoms with Gasteiger partial charge in [-0.25, -0.2) is 0 Å². The van der Waals surface area contributed by atoms with Gasteiger partial charge in [-0.2, -0.15) is 13.2 Å². The molecule has 2 aromatic rings. The number of halogens is 3. The van der Waals surface area contributed by atoms with Crippen LogP contribution in [0.5, 0.6) is 0 Å². The van der Waals surface area contributed by atoms with E-state index in [4.69, 9.17) is 0 Å². The van der Waals surface area contributed by atoms with Gasteiger partial charge in [0.05, 0.1) is 5.56 Å². The van der Waals surface area contributed by atoms with Crippen molar-refractivity contribution in [2.75, 3.05) is 0 Å². The maximum atomic E-state index is 13.1. The number of nitrogens with zero attached hydrogens (tertiary/aromatic N) is 1. The van der Waals surface area contributed by atoms with Crippen LogP contribution in [-0.4, -0.2) is 4.98 Å². The molecule has 4 heteroatoms. The Bertz CT molecular complexity index is 592. The van der Waals surface area contributed by atoms with Crippen LogP contribution in [0.1, 0.15) is 35.6 Å². The second-order valence-corrected chi connectivity index (χ2v) is 4.91. The predicted molar refractivity (Wildman–Crippen MR) is 70.0 cm³/mol. The SMILES string of the molecule is FC(F)(F)c1ccccc1[C]1CCC1c1ccccn1. The maximum Gasteiger partial charge on any atom is 0.416 e. The quantitative estimate of drug-likeness (QED) is 0.781. The molecule has 0 bridgehead atoms. The first kappa shape index (κ1) is 13.2. The minimum Gasteiger partial charge on any atom is -0.261 e. The normalized spacial score (nSPS) is 19.6. The highest BCUT2D eigenvalue weighted by molar-refractivity contribution is 5.47. The number of aromatic nitrogens is 1. The van der Waals surface area contributed by atoms with E-state index in [0.29, 0.717) is 12.0 Å². The first-order valence-corrected chi connectivity index (χ1v) is 6.50. The largest absolute Gasteiger partial charge is 0.416 e. The number of hydrogen-bond donors (Lipinski definition) is 0. The van der Waals surface area contributed by atoms with Gasteiger partial charge >= 0.3 is 6.18 Å². The summed E-state index contributed by atoms with van der Waals surface area (Å²) in [6.07, 6.45) is -1.07. The molecule has 0 N–H and O–H groups in total. The van der Waals surface area contributed by atoms with Crippen LogP contribution in [0.4, 0.5) is 13.2 Å². The molecule has 0 saturated heterocycles. The monoisotopic (exact) mass is 276 g/mol. The summed E-state index contributed by atoms with van der Waals surface area (Å²) in [6, 6.07) is 11.4. The minimum atomic E-state index is -4.31. The van der Waals surface area contributed by atoms with Gasteiger partial charge in [0.2, 0.25) is 0 Å².